The Labute approximate surface area is 111 Å². The third-order valence-electron chi connectivity index (χ3n) is 3.63. The van der Waals surface area contributed by atoms with Crippen molar-refractivity contribution in [2.75, 3.05) is 13.1 Å². The second-order valence-corrected chi connectivity index (χ2v) is 5.03. The quantitative estimate of drug-likeness (QED) is 0.780. The highest BCUT2D eigenvalue weighted by atomic mass is 16.1. The maximum Gasteiger partial charge on any atom is 0.251 e. The zero-order chi connectivity index (χ0) is 13.1. The number of fused-ring (bicyclic) bond motifs is 1. The van der Waals surface area contributed by atoms with Crippen LogP contribution >= 0.6 is 0 Å². The molecule has 1 atom stereocenters. The van der Waals surface area contributed by atoms with Crippen LogP contribution in [0.4, 0.5) is 0 Å². The molecule has 0 spiro atoms. The maximum atomic E-state index is 12.1. The van der Waals surface area contributed by atoms with Gasteiger partial charge >= 0.3 is 0 Å². The van der Waals surface area contributed by atoms with Crippen LogP contribution in [-0.2, 0) is 0 Å². The number of nitrogens with zero attached hydrogens (tertiary/aromatic N) is 1. The molecule has 3 N–H and O–H groups in total. The predicted molar refractivity (Wildman–Crippen MR) is 74.1 cm³/mol. The summed E-state index contributed by atoms with van der Waals surface area (Å²) in [4.78, 5) is 12.1. The molecule has 1 amide bonds. The maximum absolute atomic E-state index is 12.1. The topological polar surface area (TPSA) is 69.8 Å². The van der Waals surface area contributed by atoms with Gasteiger partial charge in [-0.05, 0) is 31.5 Å². The van der Waals surface area contributed by atoms with Gasteiger partial charge in [-0.1, -0.05) is 12.5 Å². The molecule has 1 fully saturated rings. The molecule has 100 valence electrons. The first-order chi connectivity index (χ1) is 9.33. The molecule has 1 aliphatic rings. The van der Waals surface area contributed by atoms with Crippen molar-refractivity contribution in [3.05, 3.63) is 30.0 Å². The molecule has 19 heavy (non-hydrogen) atoms. The van der Waals surface area contributed by atoms with E-state index in [1.165, 1.54) is 12.8 Å². The van der Waals surface area contributed by atoms with E-state index in [9.17, 15) is 4.79 Å². The van der Waals surface area contributed by atoms with Crippen molar-refractivity contribution in [3.8, 4) is 0 Å². The van der Waals surface area contributed by atoms with Gasteiger partial charge in [-0.25, -0.2) is 0 Å². The van der Waals surface area contributed by atoms with E-state index in [0.29, 0.717) is 18.2 Å². The van der Waals surface area contributed by atoms with Crippen LogP contribution in [0.3, 0.4) is 0 Å². The summed E-state index contributed by atoms with van der Waals surface area (Å²) < 4.78 is 0. The number of carbonyl (C=O) groups is 1. The number of hydrogen-bond donors (Lipinski definition) is 3. The first-order valence-electron chi connectivity index (χ1n) is 6.77. The van der Waals surface area contributed by atoms with E-state index >= 15 is 0 Å². The van der Waals surface area contributed by atoms with E-state index in [0.717, 1.165) is 23.9 Å². The summed E-state index contributed by atoms with van der Waals surface area (Å²) in [7, 11) is 0. The first kappa shape index (κ1) is 12.2. The molecule has 1 aromatic heterocycles. The molecule has 3 rings (SSSR count). The minimum absolute atomic E-state index is 0.0242. The van der Waals surface area contributed by atoms with Crippen LogP contribution in [-0.4, -0.2) is 35.2 Å². The van der Waals surface area contributed by atoms with E-state index in [-0.39, 0.29) is 5.91 Å². The van der Waals surface area contributed by atoms with Crippen molar-refractivity contribution in [2.45, 2.75) is 25.3 Å². The molecule has 5 nitrogen and oxygen atoms in total. The molecule has 1 saturated heterocycles. The SMILES string of the molecule is O=C(NCC1CCCCN1)c1ccc2cn[nH]c2c1. The second kappa shape index (κ2) is 5.40. The van der Waals surface area contributed by atoms with Gasteiger partial charge in [0.15, 0.2) is 0 Å². The van der Waals surface area contributed by atoms with Gasteiger partial charge < -0.3 is 10.6 Å². The number of H-pyrrole nitrogens is 1. The van der Waals surface area contributed by atoms with Crippen LogP contribution in [0.1, 0.15) is 29.6 Å². The third-order valence-corrected chi connectivity index (χ3v) is 3.63. The van der Waals surface area contributed by atoms with Gasteiger partial charge in [-0.2, -0.15) is 5.10 Å². The van der Waals surface area contributed by atoms with E-state index in [1.807, 2.05) is 18.2 Å². The molecule has 0 radical (unpaired) electrons. The molecule has 1 unspecified atom stereocenters. The van der Waals surface area contributed by atoms with Crippen LogP contribution in [0.25, 0.3) is 10.9 Å². The van der Waals surface area contributed by atoms with Gasteiger partial charge in [0, 0.05) is 23.5 Å². The normalized spacial score (nSPS) is 19.5. The van der Waals surface area contributed by atoms with Crippen LogP contribution in [0, 0.1) is 0 Å². The fraction of sp³-hybridized carbons (Fsp3) is 0.429. The lowest BCUT2D eigenvalue weighted by Gasteiger charge is -2.23. The zero-order valence-electron chi connectivity index (χ0n) is 10.8. The molecule has 5 heteroatoms. The van der Waals surface area contributed by atoms with Gasteiger partial charge in [0.1, 0.15) is 0 Å². The smallest absolute Gasteiger partial charge is 0.251 e. The van der Waals surface area contributed by atoms with E-state index in [1.54, 1.807) is 6.20 Å². The Bertz CT molecular complexity index is 572. The number of aromatic amines is 1. The fourth-order valence-corrected chi connectivity index (χ4v) is 2.49. The summed E-state index contributed by atoms with van der Waals surface area (Å²) in [6.45, 7) is 1.75. The van der Waals surface area contributed by atoms with Crippen LogP contribution in [0.5, 0.6) is 0 Å². The molecule has 0 saturated carbocycles. The summed E-state index contributed by atoms with van der Waals surface area (Å²) in [6, 6.07) is 5.99. The van der Waals surface area contributed by atoms with Crippen LogP contribution in [0.15, 0.2) is 24.4 Å². The lowest BCUT2D eigenvalue weighted by Crippen LogP contribution is -2.43. The van der Waals surface area contributed by atoms with Crippen molar-refractivity contribution in [1.82, 2.24) is 20.8 Å². The minimum atomic E-state index is -0.0242. The number of rotatable bonds is 3. The average molecular weight is 258 g/mol. The average Bonchev–Trinajstić information content (AvgIpc) is 2.93. The summed E-state index contributed by atoms with van der Waals surface area (Å²) in [5.41, 5.74) is 1.57. The fourth-order valence-electron chi connectivity index (χ4n) is 2.49. The van der Waals surface area contributed by atoms with Crippen molar-refractivity contribution >= 4 is 16.8 Å². The highest BCUT2D eigenvalue weighted by molar-refractivity contribution is 5.97. The van der Waals surface area contributed by atoms with Crippen molar-refractivity contribution in [3.63, 3.8) is 0 Å². The second-order valence-electron chi connectivity index (χ2n) is 5.03. The van der Waals surface area contributed by atoms with Crippen molar-refractivity contribution < 1.29 is 4.79 Å². The summed E-state index contributed by atoms with van der Waals surface area (Å²) in [5, 5.41) is 14.3. The van der Waals surface area contributed by atoms with E-state index in [4.69, 9.17) is 0 Å². The van der Waals surface area contributed by atoms with Gasteiger partial charge in [0.25, 0.3) is 5.91 Å². The van der Waals surface area contributed by atoms with Crippen molar-refractivity contribution in [2.24, 2.45) is 0 Å². The van der Waals surface area contributed by atoms with Crippen molar-refractivity contribution in [1.29, 1.82) is 0 Å². The number of benzene rings is 1. The summed E-state index contributed by atoms with van der Waals surface area (Å²) in [5.74, 6) is -0.0242. The molecule has 2 aromatic rings. The number of nitrogens with one attached hydrogen (secondary N) is 3. The van der Waals surface area contributed by atoms with E-state index in [2.05, 4.69) is 20.8 Å². The summed E-state index contributed by atoms with van der Waals surface area (Å²) >= 11 is 0. The lowest BCUT2D eigenvalue weighted by molar-refractivity contribution is 0.0948. The Balaban J connectivity index is 1.62. The molecule has 2 heterocycles. The van der Waals surface area contributed by atoms with Crippen LogP contribution < -0.4 is 10.6 Å². The number of aromatic nitrogens is 2. The predicted octanol–water partition coefficient (Wildman–Crippen LogP) is 1.43. The van der Waals surface area contributed by atoms with Gasteiger partial charge in [0.05, 0.1) is 11.7 Å². The molecule has 1 aliphatic heterocycles. The summed E-state index contributed by atoms with van der Waals surface area (Å²) in [6.07, 6.45) is 5.37. The van der Waals surface area contributed by atoms with Gasteiger partial charge in [-0.15, -0.1) is 0 Å². The molecule has 0 bridgehead atoms. The van der Waals surface area contributed by atoms with Crippen LogP contribution in [0.2, 0.25) is 0 Å². The number of amides is 1. The third kappa shape index (κ3) is 2.76. The standard InChI is InChI=1S/C14H18N4O/c19-14(16-9-12-3-1-2-6-15-12)10-4-5-11-8-17-18-13(11)7-10/h4-5,7-8,12,15H,1-3,6,9H2,(H,16,19)(H,17,18). The van der Waals surface area contributed by atoms with Gasteiger partial charge in [-0.3, -0.25) is 9.89 Å². The monoisotopic (exact) mass is 258 g/mol. The van der Waals surface area contributed by atoms with Gasteiger partial charge in [0.2, 0.25) is 0 Å². The molecule has 0 aliphatic carbocycles. The zero-order valence-corrected chi connectivity index (χ0v) is 10.8. The first-order valence-corrected chi connectivity index (χ1v) is 6.77. The Morgan fingerprint density at radius 1 is 1.42 bits per heavy atom. The number of carbonyl (C=O) groups excluding carboxylic acids is 1. The molecule has 1 aromatic carbocycles. The Morgan fingerprint density at radius 2 is 2.37 bits per heavy atom. The number of hydrogen-bond acceptors (Lipinski definition) is 3. The Hall–Kier alpha value is -1.88. The Kier molecular flexibility index (Phi) is 3.46. The largest absolute Gasteiger partial charge is 0.350 e. The molecular formula is C14H18N4O. The number of piperidine rings is 1. The van der Waals surface area contributed by atoms with E-state index < -0.39 is 0 Å². The Morgan fingerprint density at radius 3 is 3.21 bits per heavy atom. The lowest BCUT2D eigenvalue weighted by atomic mass is 10.0. The minimum Gasteiger partial charge on any atom is -0.350 e. The molecular weight excluding hydrogens is 240 g/mol. The highest BCUT2D eigenvalue weighted by Gasteiger charge is 2.14. The highest BCUT2D eigenvalue weighted by Crippen LogP contribution is 2.13.